The lowest BCUT2D eigenvalue weighted by atomic mass is 9.34. The first-order valence-electron chi connectivity index (χ1n) is 13.7. The van der Waals surface area contributed by atoms with Crippen LogP contribution in [0.3, 0.4) is 0 Å². The SMILES string of the molecule is C=C(C)C1CCC2(CO)CCC3(CO)C(=CCC4C5(C)CCC(O)C(C)(C)C5CCC43C)C12. The molecule has 5 aliphatic carbocycles. The van der Waals surface area contributed by atoms with E-state index < -0.39 is 0 Å². The van der Waals surface area contributed by atoms with Crippen LogP contribution in [0.5, 0.6) is 0 Å². The highest BCUT2D eigenvalue weighted by Gasteiger charge is 2.70. The van der Waals surface area contributed by atoms with Gasteiger partial charge in [-0.05, 0) is 105 Å². The molecule has 5 aliphatic rings. The maximum absolute atomic E-state index is 11.2. The summed E-state index contributed by atoms with van der Waals surface area (Å²) in [5.41, 5.74) is 2.69. The first-order chi connectivity index (χ1) is 15.4. The summed E-state index contributed by atoms with van der Waals surface area (Å²) >= 11 is 0. The van der Waals surface area contributed by atoms with Gasteiger partial charge < -0.3 is 15.3 Å². The van der Waals surface area contributed by atoms with E-state index in [2.05, 4.69) is 47.3 Å². The highest BCUT2D eigenvalue weighted by atomic mass is 16.3. The van der Waals surface area contributed by atoms with Crippen LogP contribution < -0.4 is 0 Å². The number of allylic oxidation sites excluding steroid dienone is 2. The Kier molecular flexibility index (Phi) is 5.42. The van der Waals surface area contributed by atoms with Gasteiger partial charge >= 0.3 is 0 Å². The summed E-state index contributed by atoms with van der Waals surface area (Å²) < 4.78 is 0. The third-order valence-corrected chi connectivity index (χ3v) is 12.9. The van der Waals surface area contributed by atoms with E-state index in [1.54, 1.807) is 0 Å². The maximum atomic E-state index is 11.2. The minimum absolute atomic E-state index is 0.0324. The summed E-state index contributed by atoms with van der Waals surface area (Å²) in [5, 5.41) is 32.8. The zero-order chi connectivity index (χ0) is 24.0. The molecule has 0 spiro atoms. The Morgan fingerprint density at radius 2 is 1.67 bits per heavy atom. The number of hydrogen-bond acceptors (Lipinski definition) is 3. The lowest BCUT2D eigenvalue weighted by Gasteiger charge is -2.71. The second-order valence-corrected chi connectivity index (χ2v) is 14.1. The number of hydrogen-bond donors (Lipinski definition) is 3. The van der Waals surface area contributed by atoms with Crippen LogP contribution in [0.4, 0.5) is 0 Å². The molecule has 0 bridgehead atoms. The second kappa shape index (κ2) is 7.43. The quantitative estimate of drug-likeness (QED) is 0.464. The van der Waals surface area contributed by atoms with E-state index in [0.29, 0.717) is 23.7 Å². The molecule has 0 aliphatic heterocycles. The van der Waals surface area contributed by atoms with Crippen molar-refractivity contribution < 1.29 is 15.3 Å². The molecule has 0 saturated heterocycles. The van der Waals surface area contributed by atoms with Crippen LogP contribution in [0.1, 0.15) is 92.4 Å². The fourth-order valence-corrected chi connectivity index (χ4v) is 10.9. The van der Waals surface area contributed by atoms with Gasteiger partial charge in [0.2, 0.25) is 0 Å². The van der Waals surface area contributed by atoms with Crippen LogP contribution in [0.25, 0.3) is 0 Å². The van der Waals surface area contributed by atoms with Gasteiger partial charge in [0.25, 0.3) is 0 Å². The first-order valence-corrected chi connectivity index (χ1v) is 13.7. The molecule has 9 atom stereocenters. The minimum atomic E-state index is -0.212. The lowest BCUT2D eigenvalue weighted by Crippen LogP contribution is -2.65. The number of aliphatic hydroxyl groups excluding tert-OH is 3. The molecule has 0 heterocycles. The topological polar surface area (TPSA) is 60.7 Å². The predicted molar refractivity (Wildman–Crippen MR) is 133 cm³/mol. The van der Waals surface area contributed by atoms with Gasteiger partial charge in [0.1, 0.15) is 0 Å². The third kappa shape index (κ3) is 2.79. The second-order valence-electron chi connectivity index (χ2n) is 14.1. The number of rotatable bonds is 3. The fraction of sp³-hybridized carbons (Fsp3) is 0.867. The molecule has 0 amide bonds. The zero-order valence-corrected chi connectivity index (χ0v) is 21.8. The molecular weight excluding hydrogens is 408 g/mol. The average molecular weight is 457 g/mol. The molecule has 0 aromatic rings. The molecular formula is C30H48O3. The van der Waals surface area contributed by atoms with Crippen LogP contribution in [-0.4, -0.2) is 34.6 Å². The van der Waals surface area contributed by atoms with Gasteiger partial charge in [0, 0.05) is 17.4 Å². The number of aliphatic hydroxyl groups is 3. The van der Waals surface area contributed by atoms with Crippen molar-refractivity contribution in [3.05, 3.63) is 23.8 Å². The van der Waals surface area contributed by atoms with Gasteiger partial charge in [-0.2, -0.15) is 0 Å². The summed E-state index contributed by atoms with van der Waals surface area (Å²) in [6, 6.07) is 0. The Morgan fingerprint density at radius 1 is 0.939 bits per heavy atom. The summed E-state index contributed by atoms with van der Waals surface area (Å²) in [7, 11) is 0. The van der Waals surface area contributed by atoms with Crippen LogP contribution >= 0.6 is 0 Å². The number of fused-ring (bicyclic) bond motifs is 7. The van der Waals surface area contributed by atoms with E-state index in [4.69, 9.17) is 0 Å². The Labute approximate surface area is 201 Å². The largest absolute Gasteiger partial charge is 0.396 e. The van der Waals surface area contributed by atoms with Crippen molar-refractivity contribution in [1.29, 1.82) is 0 Å². The van der Waals surface area contributed by atoms with Crippen LogP contribution in [-0.2, 0) is 0 Å². The molecule has 33 heavy (non-hydrogen) atoms. The van der Waals surface area contributed by atoms with E-state index in [-0.39, 0.29) is 46.4 Å². The van der Waals surface area contributed by atoms with Crippen molar-refractivity contribution in [2.24, 2.45) is 50.7 Å². The molecule has 3 nitrogen and oxygen atoms in total. The molecule has 186 valence electrons. The van der Waals surface area contributed by atoms with E-state index in [1.807, 2.05) is 0 Å². The van der Waals surface area contributed by atoms with Gasteiger partial charge in [-0.1, -0.05) is 51.5 Å². The van der Waals surface area contributed by atoms with Gasteiger partial charge in [-0.3, -0.25) is 0 Å². The standard InChI is InChI=1S/C30H48O3/c1-19(2)20-9-14-29(17-31)15-16-30(18-32)21(25(20)29)7-8-23-27(5)12-11-24(33)26(3,4)22(27)10-13-28(23,30)6/h7,20,22-25,31-33H,1,8-18H2,2-6H3. The smallest absolute Gasteiger partial charge is 0.0594 e. The first kappa shape index (κ1) is 24.1. The normalized spacial score (nSPS) is 52.7. The molecule has 3 heteroatoms. The van der Waals surface area contributed by atoms with Gasteiger partial charge in [-0.15, -0.1) is 0 Å². The summed E-state index contributed by atoms with van der Waals surface area (Å²) in [4.78, 5) is 0. The van der Waals surface area contributed by atoms with Crippen molar-refractivity contribution >= 4 is 0 Å². The monoisotopic (exact) mass is 456 g/mol. The molecule has 5 rings (SSSR count). The Bertz CT molecular complexity index is 859. The van der Waals surface area contributed by atoms with Crippen molar-refractivity contribution in [2.45, 2.75) is 98.5 Å². The fourth-order valence-electron chi connectivity index (χ4n) is 10.9. The van der Waals surface area contributed by atoms with Gasteiger partial charge in [0.15, 0.2) is 0 Å². The highest BCUT2D eigenvalue weighted by molar-refractivity contribution is 5.37. The van der Waals surface area contributed by atoms with Crippen molar-refractivity contribution in [2.75, 3.05) is 13.2 Å². The van der Waals surface area contributed by atoms with Crippen molar-refractivity contribution in [1.82, 2.24) is 0 Å². The molecule has 4 fully saturated rings. The highest BCUT2D eigenvalue weighted by Crippen LogP contribution is 2.76. The van der Waals surface area contributed by atoms with Gasteiger partial charge in [-0.25, -0.2) is 0 Å². The summed E-state index contributed by atoms with van der Waals surface area (Å²) in [5.74, 6) is 1.80. The zero-order valence-electron chi connectivity index (χ0n) is 21.8. The average Bonchev–Trinajstić information content (AvgIpc) is 3.17. The van der Waals surface area contributed by atoms with Gasteiger partial charge in [0.05, 0.1) is 12.7 Å². The van der Waals surface area contributed by atoms with E-state index >= 15 is 0 Å². The van der Waals surface area contributed by atoms with Crippen molar-refractivity contribution in [3.63, 3.8) is 0 Å². The molecule has 4 saturated carbocycles. The van der Waals surface area contributed by atoms with E-state index in [0.717, 1.165) is 57.8 Å². The maximum Gasteiger partial charge on any atom is 0.0594 e. The van der Waals surface area contributed by atoms with Crippen LogP contribution in [0, 0.1) is 50.7 Å². The molecule has 0 aromatic carbocycles. The van der Waals surface area contributed by atoms with Crippen LogP contribution in [0.2, 0.25) is 0 Å². The molecule has 0 aromatic heterocycles. The minimum Gasteiger partial charge on any atom is -0.396 e. The Morgan fingerprint density at radius 3 is 2.30 bits per heavy atom. The third-order valence-electron chi connectivity index (χ3n) is 12.9. The molecule has 3 N–H and O–H groups in total. The van der Waals surface area contributed by atoms with E-state index in [9.17, 15) is 15.3 Å². The van der Waals surface area contributed by atoms with Crippen LogP contribution in [0.15, 0.2) is 23.8 Å². The van der Waals surface area contributed by atoms with Crippen molar-refractivity contribution in [3.8, 4) is 0 Å². The lowest BCUT2D eigenvalue weighted by molar-refractivity contribution is -0.211. The summed E-state index contributed by atoms with van der Waals surface area (Å²) in [6.07, 6.45) is 11.9. The molecule has 9 unspecified atom stereocenters. The molecule has 0 radical (unpaired) electrons. The predicted octanol–water partition coefficient (Wildman–Crippen LogP) is 5.89. The Balaban J connectivity index is 1.63. The Hall–Kier alpha value is -0.640. The summed E-state index contributed by atoms with van der Waals surface area (Å²) in [6.45, 7) is 16.6. The van der Waals surface area contributed by atoms with E-state index in [1.165, 1.54) is 11.1 Å².